The molecule has 0 saturated carbocycles. The average molecular weight is 590 g/mol. The molecule has 2 aromatic carbocycles. The summed E-state index contributed by atoms with van der Waals surface area (Å²) in [7, 11) is -1.49. The zero-order chi connectivity index (χ0) is 30.0. The summed E-state index contributed by atoms with van der Waals surface area (Å²) < 4.78 is 25.9. The van der Waals surface area contributed by atoms with Crippen LogP contribution < -0.4 is 10.6 Å². The molecule has 0 unspecified atom stereocenters. The van der Waals surface area contributed by atoms with Crippen LogP contribution in [0, 0.1) is 0 Å². The number of hydrogen-bond donors (Lipinski definition) is 3. The van der Waals surface area contributed by atoms with E-state index >= 15 is 0 Å². The van der Waals surface area contributed by atoms with Crippen molar-refractivity contribution in [3.63, 3.8) is 0 Å². The highest BCUT2D eigenvalue weighted by atomic mass is 32.2. The highest BCUT2D eigenvalue weighted by Crippen LogP contribution is 2.21. The van der Waals surface area contributed by atoms with Crippen molar-refractivity contribution in [2.45, 2.75) is 13.0 Å². The molecular weight excluding hydrogens is 554 g/mol. The number of nitrogens with one attached hydrogen (secondary N) is 2. The maximum Gasteiger partial charge on any atom is 0.261 e. The fourth-order valence-electron chi connectivity index (χ4n) is 4.38. The van der Waals surface area contributed by atoms with Crippen molar-refractivity contribution in [2.75, 3.05) is 50.1 Å². The first-order chi connectivity index (χ1) is 20.1. The van der Waals surface area contributed by atoms with Gasteiger partial charge in [0.05, 0.1) is 11.9 Å². The normalized spacial score (nSPS) is 14.3. The minimum atomic E-state index is -3.67. The van der Waals surface area contributed by atoms with E-state index in [-0.39, 0.29) is 5.91 Å². The Kier molecular flexibility index (Phi) is 10.7. The topological polar surface area (TPSA) is 141 Å². The first-order valence-corrected chi connectivity index (χ1v) is 15.3. The second-order valence-electron chi connectivity index (χ2n) is 10.0. The summed E-state index contributed by atoms with van der Waals surface area (Å²) in [4.78, 5) is 30.8. The molecule has 220 valence electrons. The molecule has 42 heavy (non-hydrogen) atoms. The van der Waals surface area contributed by atoms with Crippen LogP contribution in [0.2, 0.25) is 0 Å². The van der Waals surface area contributed by atoms with Gasteiger partial charge in [-0.05, 0) is 80.7 Å². The number of anilines is 3. The lowest BCUT2D eigenvalue weighted by atomic mass is 10.1. The highest BCUT2D eigenvalue weighted by Gasteiger charge is 2.13. The number of nitrogens with zero attached hydrogens (tertiary/aromatic N) is 5. The molecular formula is C30H35N7O4S. The third-order valence-corrected chi connectivity index (χ3v) is 6.42. The number of pyridine rings is 1. The molecule has 1 fully saturated rings. The number of rotatable bonds is 7. The monoisotopic (exact) mass is 589 g/mol. The van der Waals surface area contributed by atoms with Crippen LogP contribution in [0.25, 0.3) is 11.3 Å². The van der Waals surface area contributed by atoms with Gasteiger partial charge in [-0.3, -0.25) is 19.2 Å². The van der Waals surface area contributed by atoms with Gasteiger partial charge in [-0.1, -0.05) is 18.2 Å². The van der Waals surface area contributed by atoms with Gasteiger partial charge in [0.15, 0.2) is 0 Å². The smallest absolute Gasteiger partial charge is 0.261 e. The summed E-state index contributed by atoms with van der Waals surface area (Å²) in [6.07, 6.45) is 7.11. The second kappa shape index (κ2) is 14.6. The summed E-state index contributed by atoms with van der Waals surface area (Å²) in [6.45, 7) is 5.33. The van der Waals surface area contributed by atoms with Crippen molar-refractivity contribution < 1.29 is 17.8 Å². The number of aromatic nitrogens is 3. The molecule has 0 radical (unpaired) electrons. The van der Waals surface area contributed by atoms with Crippen LogP contribution in [0.5, 0.6) is 0 Å². The lowest BCUT2D eigenvalue weighted by molar-refractivity contribution is 0.102. The number of carbonyl (C=O) groups is 1. The van der Waals surface area contributed by atoms with E-state index in [0.29, 0.717) is 23.5 Å². The Hall–Kier alpha value is -4.23. The summed E-state index contributed by atoms with van der Waals surface area (Å²) in [6, 6.07) is 21.1. The zero-order valence-corrected chi connectivity index (χ0v) is 24.5. The predicted octanol–water partition coefficient (Wildman–Crippen LogP) is 4.18. The largest absolute Gasteiger partial charge is 0.324 e. The molecule has 0 atom stereocenters. The van der Waals surface area contributed by atoms with Crippen LogP contribution in [0.1, 0.15) is 22.3 Å². The van der Waals surface area contributed by atoms with Gasteiger partial charge in [-0.25, -0.2) is 9.97 Å². The molecule has 11 nitrogen and oxygen atoms in total. The van der Waals surface area contributed by atoms with E-state index < -0.39 is 10.1 Å². The highest BCUT2D eigenvalue weighted by molar-refractivity contribution is 7.85. The van der Waals surface area contributed by atoms with E-state index in [1.54, 1.807) is 18.6 Å². The Bertz CT molecular complexity index is 1560. The summed E-state index contributed by atoms with van der Waals surface area (Å²) in [5.41, 5.74) is 5.02. The van der Waals surface area contributed by atoms with E-state index in [9.17, 15) is 13.2 Å². The first kappa shape index (κ1) is 30.7. The summed E-state index contributed by atoms with van der Waals surface area (Å²) in [5, 5.41) is 6.21. The molecule has 1 aliphatic rings. The quantitative estimate of drug-likeness (QED) is 0.269. The zero-order valence-electron chi connectivity index (χ0n) is 23.6. The van der Waals surface area contributed by atoms with E-state index in [1.807, 2.05) is 66.7 Å². The molecule has 5 rings (SSSR count). The Labute approximate surface area is 246 Å². The van der Waals surface area contributed by atoms with Crippen LogP contribution in [-0.2, 0) is 16.7 Å². The average Bonchev–Trinajstić information content (AvgIpc) is 3.17. The standard InChI is InChI=1S/C29H31N7O.CH4O3S/c1-35-15-4-16-36(18-17-35)21-22-8-10-23(11-9-22)28(37)32-25-6-2-7-26(19-25)33-29-31-14-12-27(34-29)24-5-3-13-30-20-24;1-5(2,3)4/h2-3,5-14,19-20H,4,15-18,21H2,1H3,(H,32,37)(H,31,33,34);1H3,(H,2,3,4). The Morgan fingerprint density at radius 2 is 1.71 bits per heavy atom. The molecule has 3 heterocycles. The van der Waals surface area contributed by atoms with Gasteiger partial charge in [0.25, 0.3) is 16.0 Å². The van der Waals surface area contributed by atoms with Crippen LogP contribution in [-0.4, -0.2) is 83.1 Å². The molecule has 1 saturated heterocycles. The number of amides is 1. The van der Waals surface area contributed by atoms with Crippen molar-refractivity contribution in [1.29, 1.82) is 0 Å². The van der Waals surface area contributed by atoms with Gasteiger partial charge in [0.1, 0.15) is 0 Å². The summed E-state index contributed by atoms with van der Waals surface area (Å²) in [5.74, 6) is 0.325. The van der Waals surface area contributed by atoms with Gasteiger partial charge < -0.3 is 15.5 Å². The minimum absolute atomic E-state index is 0.144. The van der Waals surface area contributed by atoms with Crippen LogP contribution in [0.3, 0.4) is 0 Å². The van der Waals surface area contributed by atoms with Crippen molar-refractivity contribution in [3.8, 4) is 11.3 Å². The molecule has 2 aromatic heterocycles. The molecule has 1 amide bonds. The van der Waals surface area contributed by atoms with Crippen molar-refractivity contribution in [2.24, 2.45) is 0 Å². The van der Waals surface area contributed by atoms with E-state index in [0.717, 1.165) is 49.7 Å². The maximum absolute atomic E-state index is 12.9. The lowest BCUT2D eigenvalue weighted by Gasteiger charge is -2.20. The Morgan fingerprint density at radius 3 is 2.45 bits per heavy atom. The SMILES string of the molecule is CN1CCCN(Cc2ccc(C(=O)Nc3cccc(Nc4nccc(-c5cccnc5)n4)c3)cc2)CC1.CS(=O)(=O)O. The Morgan fingerprint density at radius 1 is 0.952 bits per heavy atom. The maximum atomic E-state index is 12.9. The second-order valence-corrected chi connectivity index (χ2v) is 11.5. The van der Waals surface area contributed by atoms with Crippen LogP contribution in [0.4, 0.5) is 17.3 Å². The molecule has 0 aliphatic carbocycles. The molecule has 3 N–H and O–H groups in total. The van der Waals surface area contributed by atoms with E-state index in [4.69, 9.17) is 4.55 Å². The van der Waals surface area contributed by atoms with E-state index in [2.05, 4.69) is 42.4 Å². The number of likely N-dealkylation sites (N-methyl/N-ethyl adjacent to an activating group) is 1. The van der Waals surface area contributed by atoms with Crippen LogP contribution in [0.15, 0.2) is 85.3 Å². The fraction of sp³-hybridized carbons (Fsp3) is 0.267. The van der Waals surface area contributed by atoms with Gasteiger partial charge in [-0.15, -0.1) is 0 Å². The third kappa shape index (κ3) is 10.3. The molecule has 12 heteroatoms. The van der Waals surface area contributed by atoms with Gasteiger partial charge in [-0.2, -0.15) is 8.42 Å². The molecule has 0 spiro atoms. The van der Waals surface area contributed by atoms with E-state index in [1.165, 1.54) is 12.0 Å². The lowest BCUT2D eigenvalue weighted by Crippen LogP contribution is -2.28. The molecule has 1 aliphatic heterocycles. The van der Waals surface area contributed by atoms with Gasteiger partial charge in [0.2, 0.25) is 5.95 Å². The number of benzene rings is 2. The third-order valence-electron chi connectivity index (χ3n) is 6.42. The first-order valence-electron chi connectivity index (χ1n) is 13.5. The fourth-order valence-corrected chi connectivity index (χ4v) is 4.38. The molecule has 0 bridgehead atoms. The number of carbonyl (C=O) groups excluding carboxylic acids is 1. The van der Waals surface area contributed by atoms with Crippen molar-refractivity contribution in [1.82, 2.24) is 24.8 Å². The summed E-state index contributed by atoms with van der Waals surface area (Å²) >= 11 is 0. The van der Waals surface area contributed by atoms with Crippen molar-refractivity contribution in [3.05, 3.63) is 96.4 Å². The Balaban J connectivity index is 0.000000748. The number of hydrogen-bond acceptors (Lipinski definition) is 9. The van der Waals surface area contributed by atoms with Gasteiger partial charge in [0, 0.05) is 60.7 Å². The van der Waals surface area contributed by atoms with Crippen molar-refractivity contribution >= 4 is 33.3 Å². The molecule has 4 aromatic rings. The predicted molar refractivity (Wildman–Crippen MR) is 164 cm³/mol. The van der Waals surface area contributed by atoms with Gasteiger partial charge >= 0.3 is 0 Å². The minimum Gasteiger partial charge on any atom is -0.324 e. The van der Waals surface area contributed by atoms with Crippen LogP contribution >= 0.6 is 0 Å².